The molecule has 1 aliphatic heterocycles. The first-order chi connectivity index (χ1) is 16.2. The summed E-state index contributed by atoms with van der Waals surface area (Å²) in [6.45, 7) is 4.84. The number of hydrogen-bond acceptors (Lipinski definition) is 4. The minimum Gasteiger partial charge on any atom is -0.322 e. The monoisotopic (exact) mass is 561 g/mol. The van der Waals surface area contributed by atoms with E-state index in [4.69, 9.17) is 11.6 Å². The Hall–Kier alpha value is -2.23. The molecule has 0 atom stereocenters. The van der Waals surface area contributed by atoms with Crippen LogP contribution in [0.4, 0.5) is 5.69 Å². The molecule has 1 N–H and O–H groups in total. The normalized spacial score (nSPS) is 15.3. The third-order valence-electron chi connectivity index (χ3n) is 5.79. The van der Waals surface area contributed by atoms with E-state index in [2.05, 4.69) is 26.1 Å². The van der Waals surface area contributed by atoms with Crippen LogP contribution in [0.1, 0.15) is 21.5 Å². The topological polar surface area (TPSA) is 69.7 Å². The highest BCUT2D eigenvalue weighted by molar-refractivity contribution is 9.10. The van der Waals surface area contributed by atoms with Crippen LogP contribution in [0.25, 0.3) is 0 Å². The van der Waals surface area contributed by atoms with Crippen LogP contribution in [0.15, 0.2) is 76.1 Å². The van der Waals surface area contributed by atoms with Gasteiger partial charge in [0, 0.05) is 48.4 Å². The zero-order valence-corrected chi connectivity index (χ0v) is 21.8. The second-order valence-corrected chi connectivity index (χ2v) is 11.5. The largest absolute Gasteiger partial charge is 0.322 e. The third-order valence-corrected chi connectivity index (χ3v) is 8.94. The average Bonchev–Trinajstić information content (AvgIpc) is 2.82. The van der Waals surface area contributed by atoms with Crippen molar-refractivity contribution in [2.24, 2.45) is 0 Å². The van der Waals surface area contributed by atoms with Crippen molar-refractivity contribution in [2.45, 2.75) is 18.4 Å². The Balaban J connectivity index is 1.31. The van der Waals surface area contributed by atoms with Gasteiger partial charge < -0.3 is 5.32 Å². The molecule has 1 fully saturated rings. The van der Waals surface area contributed by atoms with Crippen molar-refractivity contribution in [1.82, 2.24) is 9.21 Å². The van der Waals surface area contributed by atoms with E-state index < -0.39 is 10.0 Å². The number of halogens is 2. The van der Waals surface area contributed by atoms with E-state index in [-0.39, 0.29) is 5.91 Å². The van der Waals surface area contributed by atoms with Crippen LogP contribution in [-0.2, 0) is 16.6 Å². The number of hydrogen-bond donors (Lipinski definition) is 1. The minimum absolute atomic E-state index is 0.208. The molecule has 34 heavy (non-hydrogen) atoms. The van der Waals surface area contributed by atoms with Crippen LogP contribution in [0.2, 0.25) is 5.02 Å². The average molecular weight is 563 g/mol. The van der Waals surface area contributed by atoms with Gasteiger partial charge >= 0.3 is 0 Å². The summed E-state index contributed by atoms with van der Waals surface area (Å²) < 4.78 is 28.1. The Morgan fingerprint density at radius 2 is 1.62 bits per heavy atom. The highest BCUT2D eigenvalue weighted by Gasteiger charge is 2.28. The Morgan fingerprint density at radius 3 is 2.24 bits per heavy atom. The number of rotatable bonds is 6. The van der Waals surface area contributed by atoms with Crippen molar-refractivity contribution in [3.05, 3.63) is 92.9 Å². The summed E-state index contributed by atoms with van der Waals surface area (Å²) in [6, 6.07) is 19.7. The van der Waals surface area contributed by atoms with Gasteiger partial charge in [0.05, 0.1) is 9.92 Å². The molecule has 3 aromatic carbocycles. The van der Waals surface area contributed by atoms with Gasteiger partial charge in [-0.15, -0.1) is 0 Å². The molecule has 1 saturated heterocycles. The van der Waals surface area contributed by atoms with Crippen LogP contribution in [-0.4, -0.2) is 49.7 Å². The fourth-order valence-corrected chi connectivity index (χ4v) is 5.63. The van der Waals surface area contributed by atoms with Gasteiger partial charge in [-0.1, -0.05) is 41.4 Å². The molecule has 178 valence electrons. The first-order valence-corrected chi connectivity index (χ1v) is 13.5. The molecule has 0 saturated carbocycles. The minimum atomic E-state index is -3.47. The summed E-state index contributed by atoms with van der Waals surface area (Å²) in [5.41, 5.74) is 3.28. The molecule has 0 spiro atoms. The van der Waals surface area contributed by atoms with Gasteiger partial charge in [0.25, 0.3) is 5.91 Å². The number of sulfonamides is 1. The fourth-order valence-electron chi connectivity index (χ4n) is 3.78. The van der Waals surface area contributed by atoms with Gasteiger partial charge in [0.2, 0.25) is 10.0 Å². The Morgan fingerprint density at radius 1 is 0.971 bits per heavy atom. The zero-order valence-electron chi connectivity index (χ0n) is 18.7. The highest BCUT2D eigenvalue weighted by atomic mass is 79.9. The summed E-state index contributed by atoms with van der Waals surface area (Å²) >= 11 is 9.42. The van der Waals surface area contributed by atoms with E-state index >= 15 is 0 Å². The number of carbonyl (C=O) groups is 1. The molecular formula is C25H25BrClN3O3S. The molecule has 1 aliphatic rings. The number of piperazine rings is 1. The fraction of sp³-hybridized carbons (Fsp3) is 0.240. The van der Waals surface area contributed by atoms with Crippen molar-refractivity contribution in [3.8, 4) is 0 Å². The summed E-state index contributed by atoms with van der Waals surface area (Å²) in [6.07, 6.45) is 0. The summed E-state index contributed by atoms with van der Waals surface area (Å²) in [5.74, 6) is -0.208. The van der Waals surface area contributed by atoms with Crippen molar-refractivity contribution >= 4 is 49.1 Å². The maximum atomic E-state index is 12.9. The summed E-state index contributed by atoms with van der Waals surface area (Å²) in [4.78, 5) is 15.1. The van der Waals surface area contributed by atoms with Gasteiger partial charge in [0.15, 0.2) is 0 Å². The van der Waals surface area contributed by atoms with Gasteiger partial charge in [0.1, 0.15) is 0 Å². The molecule has 0 unspecified atom stereocenters. The Labute approximate surface area is 213 Å². The zero-order chi connectivity index (χ0) is 24.3. The second-order valence-electron chi connectivity index (χ2n) is 8.27. The predicted molar refractivity (Wildman–Crippen MR) is 139 cm³/mol. The van der Waals surface area contributed by atoms with Crippen molar-refractivity contribution in [2.75, 3.05) is 31.5 Å². The molecule has 3 aromatic rings. The highest BCUT2D eigenvalue weighted by Crippen LogP contribution is 2.26. The third kappa shape index (κ3) is 5.87. The second kappa shape index (κ2) is 10.6. The molecule has 4 rings (SSSR count). The van der Waals surface area contributed by atoms with E-state index in [1.54, 1.807) is 46.8 Å². The number of nitrogens with one attached hydrogen (secondary N) is 1. The number of benzene rings is 3. The van der Waals surface area contributed by atoms with Crippen molar-refractivity contribution < 1.29 is 13.2 Å². The van der Waals surface area contributed by atoms with E-state index in [1.165, 1.54) is 0 Å². The van der Waals surface area contributed by atoms with Gasteiger partial charge in [-0.2, -0.15) is 4.31 Å². The molecule has 9 heteroatoms. The number of amides is 1. The SMILES string of the molecule is Cc1ccc(S(=O)(=O)N2CCN(Cc3ccc(C(=O)Nc4ccc(Br)c(Cl)c4)cc3)CC2)cc1. The smallest absolute Gasteiger partial charge is 0.255 e. The molecule has 0 aliphatic carbocycles. The standard InChI is InChI=1S/C25H25BrClN3O3S/c1-18-2-9-22(10-3-18)34(32,33)30-14-12-29(13-15-30)17-19-4-6-20(7-5-19)25(31)28-21-8-11-23(26)24(27)16-21/h2-11,16H,12-15,17H2,1H3,(H,28,31). The maximum absolute atomic E-state index is 12.9. The molecule has 0 bridgehead atoms. The van der Waals surface area contributed by atoms with Crippen LogP contribution in [0, 0.1) is 6.92 Å². The van der Waals surface area contributed by atoms with Crippen molar-refractivity contribution in [3.63, 3.8) is 0 Å². The van der Waals surface area contributed by atoms with Gasteiger partial charge in [-0.05, 0) is 70.9 Å². The number of aryl methyl sites for hydroxylation is 1. The molecule has 1 amide bonds. The van der Waals surface area contributed by atoms with Crippen LogP contribution in [0.5, 0.6) is 0 Å². The lowest BCUT2D eigenvalue weighted by Gasteiger charge is -2.34. The lowest BCUT2D eigenvalue weighted by atomic mass is 10.1. The first kappa shape index (κ1) is 24.9. The first-order valence-electron chi connectivity index (χ1n) is 10.9. The summed E-state index contributed by atoms with van der Waals surface area (Å²) in [5, 5.41) is 3.37. The predicted octanol–water partition coefficient (Wildman–Crippen LogP) is 5.17. The van der Waals surface area contributed by atoms with Gasteiger partial charge in [-0.25, -0.2) is 8.42 Å². The van der Waals surface area contributed by atoms with Crippen LogP contribution >= 0.6 is 27.5 Å². The molecule has 0 radical (unpaired) electrons. The van der Waals surface area contributed by atoms with E-state index in [0.29, 0.717) is 53.9 Å². The van der Waals surface area contributed by atoms with E-state index in [0.717, 1.165) is 15.6 Å². The van der Waals surface area contributed by atoms with Crippen LogP contribution in [0.3, 0.4) is 0 Å². The molecule has 1 heterocycles. The number of nitrogens with zero attached hydrogens (tertiary/aromatic N) is 2. The maximum Gasteiger partial charge on any atom is 0.255 e. The summed E-state index contributed by atoms with van der Waals surface area (Å²) in [7, 11) is -3.47. The quantitative estimate of drug-likeness (QED) is 0.450. The Kier molecular flexibility index (Phi) is 7.74. The van der Waals surface area contributed by atoms with Crippen molar-refractivity contribution in [1.29, 1.82) is 0 Å². The molecule has 6 nitrogen and oxygen atoms in total. The van der Waals surface area contributed by atoms with E-state index in [9.17, 15) is 13.2 Å². The number of anilines is 1. The van der Waals surface area contributed by atoms with E-state index in [1.807, 2.05) is 31.2 Å². The van der Waals surface area contributed by atoms with Crippen LogP contribution < -0.4 is 5.32 Å². The van der Waals surface area contributed by atoms with Gasteiger partial charge in [-0.3, -0.25) is 9.69 Å². The molecular weight excluding hydrogens is 538 g/mol. The Bertz CT molecular complexity index is 1270. The lowest BCUT2D eigenvalue weighted by molar-refractivity contribution is 0.102. The molecule has 0 aromatic heterocycles. The number of carbonyl (C=O) groups excluding carboxylic acids is 1. The lowest BCUT2D eigenvalue weighted by Crippen LogP contribution is -2.48.